The number of nitrogens with two attached hydrogens (primary N) is 1. The summed E-state index contributed by atoms with van der Waals surface area (Å²) in [7, 11) is 0. The minimum atomic E-state index is -1.19. The standard InChI is InChI=1S/C17H18FN3O3S/c1-10-13(25-14(20-10)11-3-5-12(18)6-4-11)15(22)21-7-8-24-17(2,9-21)16(19)23/h3-6H,7-9H2,1-2H3,(H2,19,23)/t17-/m0/s1. The number of hydrogen-bond donors (Lipinski definition) is 1. The molecular weight excluding hydrogens is 345 g/mol. The van der Waals surface area contributed by atoms with Gasteiger partial charge in [-0.15, -0.1) is 11.3 Å². The van der Waals surface area contributed by atoms with Crippen LogP contribution >= 0.6 is 11.3 Å². The number of morpholine rings is 1. The van der Waals surface area contributed by atoms with E-state index in [2.05, 4.69) is 4.98 Å². The quantitative estimate of drug-likeness (QED) is 0.903. The van der Waals surface area contributed by atoms with Crippen molar-refractivity contribution in [3.05, 3.63) is 40.7 Å². The number of thiazole rings is 1. The van der Waals surface area contributed by atoms with Gasteiger partial charge in [0.1, 0.15) is 15.7 Å². The van der Waals surface area contributed by atoms with Gasteiger partial charge in [0, 0.05) is 12.1 Å². The Bertz CT molecular complexity index is 821. The molecule has 0 radical (unpaired) electrons. The van der Waals surface area contributed by atoms with Crippen LogP contribution in [0.4, 0.5) is 4.39 Å². The first-order chi connectivity index (χ1) is 11.8. The minimum Gasteiger partial charge on any atom is -0.367 e. The molecule has 1 atom stereocenters. The summed E-state index contributed by atoms with van der Waals surface area (Å²) in [6, 6.07) is 5.96. The van der Waals surface area contributed by atoms with Crippen LogP contribution in [0.1, 0.15) is 22.3 Å². The van der Waals surface area contributed by atoms with Crippen LogP contribution in [0.2, 0.25) is 0 Å². The van der Waals surface area contributed by atoms with Crippen LogP contribution in [-0.2, 0) is 9.53 Å². The van der Waals surface area contributed by atoms with E-state index in [9.17, 15) is 14.0 Å². The van der Waals surface area contributed by atoms with E-state index in [4.69, 9.17) is 10.5 Å². The highest BCUT2D eigenvalue weighted by atomic mass is 32.1. The second-order valence-electron chi connectivity index (χ2n) is 6.11. The number of hydrogen-bond acceptors (Lipinski definition) is 5. The summed E-state index contributed by atoms with van der Waals surface area (Å²) in [5.41, 5.74) is 5.54. The minimum absolute atomic E-state index is 0.102. The topological polar surface area (TPSA) is 85.5 Å². The Morgan fingerprint density at radius 2 is 2.04 bits per heavy atom. The van der Waals surface area contributed by atoms with Crippen molar-refractivity contribution in [1.82, 2.24) is 9.88 Å². The number of amides is 2. The molecule has 2 aromatic rings. The highest BCUT2D eigenvalue weighted by molar-refractivity contribution is 7.17. The molecule has 8 heteroatoms. The van der Waals surface area contributed by atoms with Crippen LogP contribution in [0.15, 0.2) is 24.3 Å². The molecule has 1 fully saturated rings. The molecule has 0 saturated carbocycles. The number of carbonyl (C=O) groups excluding carboxylic acids is 2. The second kappa shape index (κ2) is 6.53. The van der Waals surface area contributed by atoms with Crippen LogP contribution in [0.25, 0.3) is 10.6 Å². The Morgan fingerprint density at radius 3 is 2.68 bits per heavy atom. The largest absolute Gasteiger partial charge is 0.367 e. The summed E-state index contributed by atoms with van der Waals surface area (Å²) in [6.45, 7) is 4.06. The molecule has 2 heterocycles. The average molecular weight is 363 g/mol. The van der Waals surface area contributed by atoms with E-state index in [-0.39, 0.29) is 24.9 Å². The predicted molar refractivity (Wildman–Crippen MR) is 91.7 cm³/mol. The molecule has 132 valence electrons. The van der Waals surface area contributed by atoms with E-state index in [1.165, 1.54) is 23.5 Å². The lowest BCUT2D eigenvalue weighted by Crippen LogP contribution is -2.58. The molecule has 1 aromatic carbocycles. The lowest BCUT2D eigenvalue weighted by molar-refractivity contribution is -0.150. The highest BCUT2D eigenvalue weighted by Crippen LogP contribution is 2.30. The van der Waals surface area contributed by atoms with Crippen molar-refractivity contribution in [2.45, 2.75) is 19.4 Å². The number of halogens is 1. The van der Waals surface area contributed by atoms with Crippen molar-refractivity contribution in [2.75, 3.05) is 19.7 Å². The Labute approximate surface area is 148 Å². The van der Waals surface area contributed by atoms with Crippen molar-refractivity contribution in [3.8, 4) is 10.6 Å². The molecule has 1 saturated heterocycles. The van der Waals surface area contributed by atoms with E-state index >= 15 is 0 Å². The van der Waals surface area contributed by atoms with Crippen molar-refractivity contribution >= 4 is 23.2 Å². The zero-order valence-corrected chi connectivity index (χ0v) is 14.7. The number of nitrogens with zero attached hydrogens (tertiary/aromatic N) is 2. The molecule has 1 aliphatic heterocycles. The van der Waals surface area contributed by atoms with Crippen LogP contribution in [0.5, 0.6) is 0 Å². The van der Waals surface area contributed by atoms with Gasteiger partial charge in [0.25, 0.3) is 11.8 Å². The molecule has 0 aliphatic carbocycles. The summed E-state index contributed by atoms with van der Waals surface area (Å²) in [5.74, 6) is -1.13. The van der Waals surface area contributed by atoms with Gasteiger partial charge in [0.05, 0.1) is 18.8 Å². The summed E-state index contributed by atoms with van der Waals surface area (Å²) < 4.78 is 18.5. The molecule has 2 amide bonds. The van der Waals surface area contributed by atoms with Gasteiger partial charge in [-0.25, -0.2) is 9.37 Å². The van der Waals surface area contributed by atoms with Gasteiger partial charge < -0.3 is 15.4 Å². The van der Waals surface area contributed by atoms with E-state index in [0.29, 0.717) is 22.1 Å². The van der Waals surface area contributed by atoms with Gasteiger partial charge >= 0.3 is 0 Å². The molecular formula is C17H18FN3O3S. The Kier molecular flexibility index (Phi) is 4.57. The maximum absolute atomic E-state index is 13.1. The summed E-state index contributed by atoms with van der Waals surface area (Å²) in [4.78, 5) is 30.9. The first-order valence-electron chi connectivity index (χ1n) is 7.77. The van der Waals surface area contributed by atoms with Crippen LogP contribution in [0, 0.1) is 12.7 Å². The van der Waals surface area contributed by atoms with Crippen molar-refractivity contribution in [3.63, 3.8) is 0 Å². The first-order valence-corrected chi connectivity index (χ1v) is 8.58. The van der Waals surface area contributed by atoms with Crippen LogP contribution in [0.3, 0.4) is 0 Å². The lowest BCUT2D eigenvalue weighted by Gasteiger charge is -2.38. The van der Waals surface area contributed by atoms with Crippen LogP contribution < -0.4 is 5.73 Å². The third-order valence-corrected chi connectivity index (χ3v) is 5.36. The SMILES string of the molecule is Cc1nc(-c2ccc(F)cc2)sc1C(=O)N1CCO[C@](C)(C(N)=O)C1. The number of ether oxygens (including phenoxy) is 1. The van der Waals surface area contributed by atoms with Gasteiger partial charge in [0.2, 0.25) is 0 Å². The first kappa shape index (κ1) is 17.5. The molecule has 0 unspecified atom stereocenters. The van der Waals surface area contributed by atoms with Crippen molar-refractivity contribution in [1.29, 1.82) is 0 Å². The van der Waals surface area contributed by atoms with Crippen molar-refractivity contribution < 1.29 is 18.7 Å². The summed E-state index contributed by atoms with van der Waals surface area (Å²) in [6.07, 6.45) is 0. The zero-order chi connectivity index (χ0) is 18.2. The van der Waals surface area contributed by atoms with Gasteiger partial charge in [0.15, 0.2) is 5.60 Å². The fourth-order valence-electron chi connectivity index (χ4n) is 2.65. The Morgan fingerprint density at radius 1 is 1.36 bits per heavy atom. The molecule has 1 aromatic heterocycles. The van der Waals surface area contributed by atoms with E-state index in [1.807, 2.05) is 0 Å². The van der Waals surface area contributed by atoms with E-state index < -0.39 is 11.5 Å². The van der Waals surface area contributed by atoms with E-state index in [1.54, 1.807) is 30.9 Å². The molecule has 25 heavy (non-hydrogen) atoms. The van der Waals surface area contributed by atoms with Gasteiger partial charge in [-0.2, -0.15) is 0 Å². The summed E-state index contributed by atoms with van der Waals surface area (Å²) in [5, 5.41) is 0.645. The van der Waals surface area contributed by atoms with Crippen LogP contribution in [-0.4, -0.2) is 47.0 Å². The number of primary amides is 1. The molecule has 6 nitrogen and oxygen atoms in total. The number of aryl methyl sites for hydroxylation is 1. The normalized spacial score (nSPS) is 20.5. The Balaban J connectivity index is 1.85. The Hall–Kier alpha value is -2.32. The second-order valence-corrected chi connectivity index (χ2v) is 7.11. The highest BCUT2D eigenvalue weighted by Gasteiger charge is 2.40. The average Bonchev–Trinajstić information content (AvgIpc) is 2.96. The van der Waals surface area contributed by atoms with Gasteiger partial charge in [-0.05, 0) is 38.1 Å². The smallest absolute Gasteiger partial charge is 0.266 e. The number of benzene rings is 1. The van der Waals surface area contributed by atoms with Gasteiger partial charge in [-0.1, -0.05) is 0 Å². The van der Waals surface area contributed by atoms with Gasteiger partial charge in [-0.3, -0.25) is 9.59 Å². The maximum Gasteiger partial charge on any atom is 0.266 e. The zero-order valence-electron chi connectivity index (χ0n) is 13.9. The van der Waals surface area contributed by atoms with Crippen molar-refractivity contribution in [2.24, 2.45) is 5.73 Å². The predicted octanol–water partition coefficient (Wildman–Crippen LogP) is 1.97. The van der Waals surface area contributed by atoms with E-state index in [0.717, 1.165) is 5.56 Å². The molecule has 3 rings (SSSR count). The third-order valence-electron chi connectivity index (χ3n) is 4.16. The molecule has 0 bridgehead atoms. The fraction of sp³-hybridized carbons (Fsp3) is 0.353. The lowest BCUT2D eigenvalue weighted by atomic mass is 10.0. The number of carbonyl (C=O) groups is 2. The third kappa shape index (κ3) is 3.40. The molecule has 1 aliphatic rings. The summed E-state index contributed by atoms with van der Waals surface area (Å²) >= 11 is 1.25. The molecule has 0 spiro atoms. The number of rotatable bonds is 3. The fourth-order valence-corrected chi connectivity index (χ4v) is 3.69. The monoisotopic (exact) mass is 363 g/mol. The molecule has 2 N–H and O–H groups in total. The number of aromatic nitrogens is 1. The maximum atomic E-state index is 13.1.